The highest BCUT2D eigenvalue weighted by atomic mass is 16.5. The highest BCUT2D eigenvalue weighted by Gasteiger charge is 2.16. The molecular formula is C22H27N3O4. The molecule has 1 fully saturated rings. The van der Waals surface area contributed by atoms with Crippen LogP contribution in [0.15, 0.2) is 48.5 Å². The summed E-state index contributed by atoms with van der Waals surface area (Å²) in [6, 6.07) is 14.3. The molecule has 1 unspecified atom stereocenters. The van der Waals surface area contributed by atoms with Crippen molar-refractivity contribution < 1.29 is 19.1 Å². The molecule has 3 N–H and O–H groups in total. The van der Waals surface area contributed by atoms with Gasteiger partial charge in [-0.05, 0) is 56.2 Å². The van der Waals surface area contributed by atoms with Gasteiger partial charge in [0.1, 0.15) is 12.4 Å². The van der Waals surface area contributed by atoms with E-state index in [0.29, 0.717) is 30.2 Å². The Kier molecular flexibility index (Phi) is 7.47. The average molecular weight is 397 g/mol. The Labute approximate surface area is 170 Å². The molecular weight excluding hydrogens is 370 g/mol. The summed E-state index contributed by atoms with van der Waals surface area (Å²) >= 11 is 0. The monoisotopic (exact) mass is 397 g/mol. The third kappa shape index (κ3) is 6.50. The van der Waals surface area contributed by atoms with Crippen LogP contribution in [0.1, 0.15) is 30.1 Å². The smallest absolute Gasteiger partial charge is 0.251 e. The lowest BCUT2D eigenvalue weighted by Gasteiger charge is -2.13. The Hall–Kier alpha value is -3.06. The van der Waals surface area contributed by atoms with Gasteiger partial charge in [-0.1, -0.05) is 6.07 Å². The van der Waals surface area contributed by atoms with Crippen LogP contribution in [0.2, 0.25) is 0 Å². The molecule has 0 spiro atoms. The quantitative estimate of drug-likeness (QED) is 0.605. The zero-order valence-electron chi connectivity index (χ0n) is 16.6. The predicted molar refractivity (Wildman–Crippen MR) is 112 cm³/mol. The molecule has 7 nitrogen and oxygen atoms in total. The lowest BCUT2D eigenvalue weighted by molar-refractivity contribution is -0.114. The summed E-state index contributed by atoms with van der Waals surface area (Å²) in [4.78, 5) is 24.0. The number of carbonyl (C=O) groups excluding carboxylic acids is 2. The molecule has 0 radical (unpaired) electrons. The second kappa shape index (κ2) is 10.5. The number of benzene rings is 2. The van der Waals surface area contributed by atoms with Gasteiger partial charge in [-0.25, -0.2) is 0 Å². The summed E-state index contributed by atoms with van der Waals surface area (Å²) in [5, 5.41) is 8.65. The van der Waals surface area contributed by atoms with E-state index in [1.54, 1.807) is 30.3 Å². The van der Waals surface area contributed by atoms with E-state index in [-0.39, 0.29) is 24.5 Å². The van der Waals surface area contributed by atoms with Gasteiger partial charge in [-0.3, -0.25) is 9.59 Å². The van der Waals surface area contributed by atoms with Crippen LogP contribution in [0.3, 0.4) is 0 Å². The van der Waals surface area contributed by atoms with Crippen molar-refractivity contribution in [3.05, 3.63) is 54.1 Å². The topological polar surface area (TPSA) is 88.7 Å². The number of rotatable bonds is 9. The van der Waals surface area contributed by atoms with E-state index in [1.807, 2.05) is 25.1 Å². The molecule has 2 aromatic rings. The molecule has 1 heterocycles. The third-order valence-corrected chi connectivity index (χ3v) is 4.52. The molecule has 29 heavy (non-hydrogen) atoms. The van der Waals surface area contributed by atoms with E-state index in [4.69, 9.17) is 9.47 Å². The Morgan fingerprint density at radius 1 is 1.14 bits per heavy atom. The minimum Gasteiger partial charge on any atom is -0.491 e. The Bertz CT molecular complexity index is 817. The molecule has 7 heteroatoms. The fraction of sp³-hybridized carbons (Fsp3) is 0.364. The van der Waals surface area contributed by atoms with Gasteiger partial charge in [0.05, 0.1) is 12.6 Å². The maximum absolute atomic E-state index is 12.2. The zero-order valence-corrected chi connectivity index (χ0v) is 16.6. The number of hydrogen-bond acceptors (Lipinski definition) is 5. The normalized spacial score (nSPS) is 15.6. The lowest BCUT2D eigenvalue weighted by atomic mass is 10.2. The summed E-state index contributed by atoms with van der Waals surface area (Å²) in [5.41, 5.74) is 2.02. The Morgan fingerprint density at radius 2 is 1.97 bits per heavy atom. The largest absolute Gasteiger partial charge is 0.491 e. The molecule has 1 aliphatic rings. The fourth-order valence-electron chi connectivity index (χ4n) is 3.02. The van der Waals surface area contributed by atoms with Crippen molar-refractivity contribution in [2.75, 3.05) is 36.9 Å². The van der Waals surface area contributed by atoms with Gasteiger partial charge in [0.25, 0.3) is 5.91 Å². The van der Waals surface area contributed by atoms with Crippen molar-refractivity contribution in [2.24, 2.45) is 0 Å². The number of amides is 2. The molecule has 3 rings (SSSR count). The first-order valence-electron chi connectivity index (χ1n) is 9.90. The van der Waals surface area contributed by atoms with E-state index < -0.39 is 0 Å². The van der Waals surface area contributed by atoms with Crippen molar-refractivity contribution in [3.8, 4) is 5.75 Å². The van der Waals surface area contributed by atoms with Crippen LogP contribution in [0.25, 0.3) is 0 Å². The summed E-state index contributed by atoms with van der Waals surface area (Å²) in [6.07, 6.45) is 2.25. The van der Waals surface area contributed by atoms with Crippen molar-refractivity contribution in [1.29, 1.82) is 0 Å². The fourth-order valence-corrected chi connectivity index (χ4v) is 3.02. The van der Waals surface area contributed by atoms with Gasteiger partial charge in [0.15, 0.2) is 0 Å². The number of hydrogen-bond donors (Lipinski definition) is 3. The van der Waals surface area contributed by atoms with Gasteiger partial charge in [0.2, 0.25) is 5.91 Å². The van der Waals surface area contributed by atoms with Crippen LogP contribution in [-0.2, 0) is 9.53 Å². The van der Waals surface area contributed by atoms with Gasteiger partial charge in [-0.15, -0.1) is 0 Å². The summed E-state index contributed by atoms with van der Waals surface area (Å²) in [6.45, 7) is 3.89. The van der Waals surface area contributed by atoms with Gasteiger partial charge in [0, 0.05) is 36.2 Å². The highest BCUT2D eigenvalue weighted by Crippen LogP contribution is 2.19. The summed E-state index contributed by atoms with van der Waals surface area (Å²) < 4.78 is 11.3. The van der Waals surface area contributed by atoms with Crippen LogP contribution in [0, 0.1) is 0 Å². The van der Waals surface area contributed by atoms with E-state index in [2.05, 4.69) is 16.0 Å². The highest BCUT2D eigenvalue weighted by molar-refractivity contribution is 5.95. The standard InChI is InChI=1S/C22H27N3O4/c1-2-23-22(27)16-8-10-17(11-9-16)24-14-21(26)25-18-5-3-6-19(13-18)29-15-20-7-4-12-28-20/h3,5-6,8-11,13,20,24H,2,4,7,12,14-15H2,1H3,(H,23,27)(H,25,26). The second-order valence-electron chi connectivity index (χ2n) is 6.81. The summed E-state index contributed by atoms with van der Waals surface area (Å²) in [7, 11) is 0. The maximum atomic E-state index is 12.2. The molecule has 0 aliphatic carbocycles. The predicted octanol–water partition coefficient (Wildman–Crippen LogP) is 3.04. The number of carbonyl (C=O) groups is 2. The van der Waals surface area contributed by atoms with Crippen molar-refractivity contribution in [3.63, 3.8) is 0 Å². The van der Waals surface area contributed by atoms with Gasteiger partial charge >= 0.3 is 0 Å². The van der Waals surface area contributed by atoms with Crippen LogP contribution in [0.4, 0.5) is 11.4 Å². The van der Waals surface area contributed by atoms with Crippen molar-refractivity contribution in [1.82, 2.24) is 5.32 Å². The molecule has 1 saturated heterocycles. The SMILES string of the molecule is CCNC(=O)c1ccc(NCC(=O)Nc2cccc(OCC3CCCO3)c2)cc1. The van der Waals surface area contributed by atoms with Gasteiger partial charge < -0.3 is 25.4 Å². The number of anilines is 2. The second-order valence-corrected chi connectivity index (χ2v) is 6.81. The first kappa shape index (κ1) is 20.7. The van der Waals surface area contributed by atoms with Gasteiger partial charge in [-0.2, -0.15) is 0 Å². The lowest BCUT2D eigenvalue weighted by Crippen LogP contribution is -2.23. The molecule has 2 amide bonds. The zero-order chi connectivity index (χ0) is 20.5. The molecule has 1 aliphatic heterocycles. The molecule has 154 valence electrons. The van der Waals surface area contributed by atoms with E-state index in [1.165, 1.54) is 0 Å². The molecule has 0 saturated carbocycles. The first-order valence-corrected chi connectivity index (χ1v) is 9.90. The Morgan fingerprint density at radius 3 is 2.69 bits per heavy atom. The number of nitrogens with one attached hydrogen (secondary N) is 3. The van der Waals surface area contributed by atoms with E-state index in [0.717, 1.165) is 25.1 Å². The van der Waals surface area contributed by atoms with E-state index in [9.17, 15) is 9.59 Å². The van der Waals surface area contributed by atoms with Crippen molar-refractivity contribution >= 4 is 23.2 Å². The molecule has 2 aromatic carbocycles. The van der Waals surface area contributed by atoms with Crippen LogP contribution in [0.5, 0.6) is 5.75 Å². The van der Waals surface area contributed by atoms with Crippen LogP contribution in [-0.4, -0.2) is 44.2 Å². The minimum atomic E-state index is -0.172. The maximum Gasteiger partial charge on any atom is 0.251 e. The molecule has 0 aromatic heterocycles. The van der Waals surface area contributed by atoms with E-state index >= 15 is 0 Å². The van der Waals surface area contributed by atoms with Crippen LogP contribution >= 0.6 is 0 Å². The molecule has 0 bridgehead atoms. The Balaban J connectivity index is 1.45. The van der Waals surface area contributed by atoms with Crippen molar-refractivity contribution in [2.45, 2.75) is 25.9 Å². The molecule has 1 atom stereocenters. The third-order valence-electron chi connectivity index (χ3n) is 4.52. The summed E-state index contributed by atoms with van der Waals surface area (Å²) in [5.74, 6) is 0.416. The minimum absolute atomic E-state index is 0.113. The number of ether oxygens (including phenoxy) is 2. The van der Waals surface area contributed by atoms with Crippen LogP contribution < -0.4 is 20.7 Å². The average Bonchev–Trinajstić information content (AvgIpc) is 3.25. The first-order chi connectivity index (χ1) is 14.1.